The molecule has 7 nitrogen and oxygen atoms in total. The van der Waals surface area contributed by atoms with Crippen molar-refractivity contribution in [1.29, 1.82) is 0 Å². The summed E-state index contributed by atoms with van der Waals surface area (Å²) in [6.07, 6.45) is 2.64. The lowest BCUT2D eigenvalue weighted by atomic mass is 10.1. The Kier molecular flexibility index (Phi) is 6.27. The predicted molar refractivity (Wildman–Crippen MR) is 70.5 cm³/mol. The molecular weight excluding hydrogens is 248 g/mol. The van der Waals surface area contributed by atoms with Crippen LogP contribution in [0.5, 0.6) is 0 Å². The monoisotopic (exact) mass is 270 g/mol. The molecule has 1 heterocycles. The molecule has 108 valence electrons. The Morgan fingerprint density at radius 2 is 2.16 bits per heavy atom. The molecule has 0 saturated carbocycles. The molecule has 7 heteroatoms. The topological polar surface area (TPSA) is 90.5 Å². The summed E-state index contributed by atoms with van der Waals surface area (Å²) in [6.45, 7) is 2.94. The van der Waals surface area contributed by atoms with Crippen molar-refractivity contribution >= 4 is 17.8 Å². The van der Waals surface area contributed by atoms with Gasteiger partial charge < -0.3 is 10.6 Å². The SMILES string of the molecule is CCNC(=O)NC(=O)CN(C)[C@H]1CCCCNC1=O. The Balaban J connectivity index is 2.44. The molecule has 1 atom stereocenters. The van der Waals surface area contributed by atoms with Crippen LogP contribution in [0.1, 0.15) is 26.2 Å². The van der Waals surface area contributed by atoms with Gasteiger partial charge in [0.25, 0.3) is 0 Å². The molecule has 0 aromatic rings. The van der Waals surface area contributed by atoms with Gasteiger partial charge in [0.15, 0.2) is 0 Å². The molecule has 4 amide bonds. The third kappa shape index (κ3) is 5.25. The number of rotatable bonds is 4. The molecule has 1 aliphatic heterocycles. The second-order valence-electron chi connectivity index (χ2n) is 4.63. The van der Waals surface area contributed by atoms with Gasteiger partial charge in [-0.15, -0.1) is 0 Å². The second kappa shape index (κ2) is 7.73. The van der Waals surface area contributed by atoms with Crippen molar-refractivity contribution < 1.29 is 14.4 Å². The third-order valence-electron chi connectivity index (χ3n) is 3.02. The van der Waals surface area contributed by atoms with Crippen molar-refractivity contribution in [2.75, 3.05) is 26.7 Å². The minimum Gasteiger partial charge on any atom is -0.355 e. The van der Waals surface area contributed by atoms with E-state index >= 15 is 0 Å². The molecule has 1 fully saturated rings. The summed E-state index contributed by atoms with van der Waals surface area (Å²) in [4.78, 5) is 36.3. The number of imide groups is 1. The zero-order chi connectivity index (χ0) is 14.3. The number of nitrogens with one attached hydrogen (secondary N) is 3. The average molecular weight is 270 g/mol. The van der Waals surface area contributed by atoms with Gasteiger partial charge in [0.05, 0.1) is 12.6 Å². The summed E-state index contributed by atoms with van der Waals surface area (Å²) in [6, 6.07) is -0.811. The number of urea groups is 1. The molecule has 1 aliphatic rings. The minimum absolute atomic E-state index is 0.0230. The fourth-order valence-corrected chi connectivity index (χ4v) is 2.05. The van der Waals surface area contributed by atoms with Crippen molar-refractivity contribution in [3.63, 3.8) is 0 Å². The van der Waals surface area contributed by atoms with Crippen LogP contribution >= 0.6 is 0 Å². The quantitative estimate of drug-likeness (QED) is 0.638. The molecule has 0 radical (unpaired) electrons. The van der Waals surface area contributed by atoms with Crippen molar-refractivity contribution in [2.24, 2.45) is 0 Å². The summed E-state index contributed by atoms with van der Waals surface area (Å²) in [5.74, 6) is -0.462. The van der Waals surface area contributed by atoms with Crippen LogP contribution in [0.15, 0.2) is 0 Å². The highest BCUT2D eigenvalue weighted by molar-refractivity contribution is 5.95. The highest BCUT2D eigenvalue weighted by atomic mass is 16.2. The van der Waals surface area contributed by atoms with Gasteiger partial charge in [0, 0.05) is 13.1 Å². The maximum atomic E-state index is 11.8. The first-order chi connectivity index (χ1) is 9.04. The standard InChI is InChI=1S/C12H22N4O3/c1-3-13-12(19)15-10(17)8-16(2)9-6-4-5-7-14-11(9)18/h9H,3-8H2,1-2H3,(H,14,18)(H2,13,15,17,19)/t9-/m0/s1. The first-order valence-electron chi connectivity index (χ1n) is 6.60. The Morgan fingerprint density at radius 3 is 2.84 bits per heavy atom. The van der Waals surface area contributed by atoms with E-state index < -0.39 is 11.9 Å². The van der Waals surface area contributed by atoms with Gasteiger partial charge in [-0.25, -0.2) is 4.79 Å². The smallest absolute Gasteiger partial charge is 0.321 e. The van der Waals surface area contributed by atoms with Crippen LogP contribution in [0.3, 0.4) is 0 Å². The summed E-state index contributed by atoms with van der Waals surface area (Å²) in [5.41, 5.74) is 0. The molecule has 1 rings (SSSR count). The molecule has 0 aromatic heterocycles. The van der Waals surface area contributed by atoms with Gasteiger partial charge >= 0.3 is 6.03 Å². The van der Waals surface area contributed by atoms with Gasteiger partial charge in [0.2, 0.25) is 11.8 Å². The summed E-state index contributed by atoms with van der Waals surface area (Å²) >= 11 is 0. The van der Waals surface area contributed by atoms with E-state index in [1.165, 1.54) is 0 Å². The number of nitrogens with zero attached hydrogens (tertiary/aromatic N) is 1. The lowest BCUT2D eigenvalue weighted by Crippen LogP contribution is -2.49. The summed E-state index contributed by atoms with van der Waals surface area (Å²) < 4.78 is 0. The molecule has 0 unspecified atom stereocenters. The zero-order valence-corrected chi connectivity index (χ0v) is 11.5. The number of likely N-dealkylation sites (N-methyl/N-ethyl adjacent to an activating group) is 1. The molecule has 0 aliphatic carbocycles. The van der Waals surface area contributed by atoms with Crippen LogP contribution in [0, 0.1) is 0 Å². The summed E-state index contributed by atoms with van der Waals surface area (Å²) in [7, 11) is 1.72. The van der Waals surface area contributed by atoms with E-state index in [-0.39, 0.29) is 18.5 Å². The Bertz CT molecular complexity index is 346. The number of hydrogen-bond acceptors (Lipinski definition) is 4. The first-order valence-corrected chi connectivity index (χ1v) is 6.60. The summed E-state index contributed by atoms with van der Waals surface area (Å²) in [5, 5.41) is 7.52. The molecule has 3 N–H and O–H groups in total. The van der Waals surface area contributed by atoms with Gasteiger partial charge in [-0.1, -0.05) is 0 Å². The Morgan fingerprint density at radius 1 is 1.42 bits per heavy atom. The fourth-order valence-electron chi connectivity index (χ4n) is 2.05. The first kappa shape index (κ1) is 15.4. The maximum Gasteiger partial charge on any atom is 0.321 e. The van der Waals surface area contributed by atoms with Crippen LogP contribution in [0.4, 0.5) is 4.79 Å². The highest BCUT2D eigenvalue weighted by Crippen LogP contribution is 2.10. The molecule has 0 spiro atoms. The molecule has 1 saturated heterocycles. The highest BCUT2D eigenvalue weighted by Gasteiger charge is 2.26. The van der Waals surface area contributed by atoms with Crippen molar-refractivity contribution in [3.8, 4) is 0 Å². The van der Waals surface area contributed by atoms with E-state index in [0.29, 0.717) is 13.1 Å². The Hall–Kier alpha value is -1.63. The van der Waals surface area contributed by atoms with Crippen molar-refractivity contribution in [1.82, 2.24) is 20.9 Å². The van der Waals surface area contributed by atoms with Crippen LogP contribution in [0.25, 0.3) is 0 Å². The van der Waals surface area contributed by atoms with Crippen molar-refractivity contribution in [3.05, 3.63) is 0 Å². The number of carbonyl (C=O) groups is 3. The van der Waals surface area contributed by atoms with E-state index in [4.69, 9.17) is 0 Å². The number of carbonyl (C=O) groups excluding carboxylic acids is 3. The minimum atomic E-state index is -0.508. The largest absolute Gasteiger partial charge is 0.355 e. The van der Waals surface area contributed by atoms with Crippen LogP contribution < -0.4 is 16.0 Å². The molecular formula is C12H22N4O3. The van der Waals surface area contributed by atoms with Crippen LogP contribution in [-0.4, -0.2) is 55.5 Å². The van der Waals surface area contributed by atoms with Crippen LogP contribution in [0.2, 0.25) is 0 Å². The van der Waals surface area contributed by atoms with E-state index in [9.17, 15) is 14.4 Å². The molecule has 19 heavy (non-hydrogen) atoms. The number of amides is 4. The second-order valence-corrected chi connectivity index (χ2v) is 4.63. The van der Waals surface area contributed by atoms with E-state index in [2.05, 4.69) is 16.0 Å². The fraction of sp³-hybridized carbons (Fsp3) is 0.750. The van der Waals surface area contributed by atoms with Gasteiger partial charge in [0.1, 0.15) is 0 Å². The predicted octanol–water partition coefficient (Wildman–Crippen LogP) is -0.567. The van der Waals surface area contributed by atoms with Gasteiger partial charge in [-0.2, -0.15) is 0 Å². The lowest BCUT2D eigenvalue weighted by Gasteiger charge is -2.24. The van der Waals surface area contributed by atoms with E-state index in [0.717, 1.165) is 19.3 Å². The maximum absolute atomic E-state index is 11.8. The van der Waals surface area contributed by atoms with Gasteiger partial charge in [-0.05, 0) is 33.2 Å². The zero-order valence-electron chi connectivity index (χ0n) is 11.5. The van der Waals surface area contributed by atoms with Crippen molar-refractivity contribution in [2.45, 2.75) is 32.2 Å². The number of hydrogen-bond donors (Lipinski definition) is 3. The normalized spacial score (nSPS) is 19.5. The van der Waals surface area contributed by atoms with Crippen LogP contribution in [-0.2, 0) is 9.59 Å². The lowest BCUT2D eigenvalue weighted by molar-refractivity contribution is -0.127. The van der Waals surface area contributed by atoms with Gasteiger partial charge in [-0.3, -0.25) is 19.8 Å². The third-order valence-corrected chi connectivity index (χ3v) is 3.02. The van der Waals surface area contributed by atoms with E-state index in [1.807, 2.05) is 0 Å². The average Bonchev–Trinajstić information content (AvgIpc) is 2.53. The molecule has 0 aromatic carbocycles. The van der Waals surface area contributed by atoms with E-state index in [1.54, 1.807) is 18.9 Å². The Labute approximate surface area is 113 Å². The molecule has 0 bridgehead atoms.